The zero-order valence-electron chi connectivity index (χ0n) is 27.7. The lowest BCUT2D eigenvalue weighted by atomic mass is 9.65. The van der Waals surface area contributed by atoms with Gasteiger partial charge in [-0.1, -0.05) is 152 Å². The molecule has 0 saturated carbocycles. The first-order chi connectivity index (χ1) is 24.7. The van der Waals surface area contributed by atoms with E-state index in [4.69, 9.17) is 4.74 Å². The van der Waals surface area contributed by atoms with Crippen molar-refractivity contribution < 1.29 is 4.74 Å². The van der Waals surface area contributed by atoms with Crippen molar-refractivity contribution in [3.63, 3.8) is 0 Å². The number of hydrogen-bond acceptors (Lipinski definition) is 1. The van der Waals surface area contributed by atoms with Gasteiger partial charge in [0.1, 0.15) is 11.5 Å². The second-order valence-corrected chi connectivity index (χ2v) is 14.1. The van der Waals surface area contributed by atoms with Gasteiger partial charge in [0.2, 0.25) is 0 Å². The Morgan fingerprint density at radius 3 is 1.64 bits per heavy atom. The third-order valence-electron chi connectivity index (χ3n) is 11.8. The van der Waals surface area contributed by atoms with Crippen LogP contribution in [-0.4, -0.2) is 0 Å². The van der Waals surface area contributed by atoms with Crippen molar-refractivity contribution in [2.24, 2.45) is 0 Å². The van der Waals surface area contributed by atoms with Crippen molar-refractivity contribution >= 4 is 10.8 Å². The van der Waals surface area contributed by atoms with Crippen LogP contribution in [0, 0.1) is 0 Å². The molecule has 0 radical (unpaired) electrons. The fourth-order valence-corrected chi connectivity index (χ4v) is 9.67. The Morgan fingerprint density at radius 2 is 0.920 bits per heavy atom. The Labute approximate surface area is 292 Å². The molecule has 3 aliphatic rings. The summed E-state index contributed by atoms with van der Waals surface area (Å²) in [4.78, 5) is 0. The van der Waals surface area contributed by atoms with E-state index in [1.165, 1.54) is 83.1 Å². The van der Waals surface area contributed by atoms with Crippen LogP contribution >= 0.6 is 0 Å². The van der Waals surface area contributed by atoms with Gasteiger partial charge in [-0.15, -0.1) is 0 Å². The molecule has 1 heteroatoms. The average molecular weight is 637 g/mol. The van der Waals surface area contributed by atoms with E-state index in [9.17, 15) is 0 Å². The lowest BCUT2D eigenvalue weighted by molar-refractivity contribution is 0.437. The van der Waals surface area contributed by atoms with Crippen LogP contribution in [0.2, 0.25) is 0 Å². The number of fused-ring (bicyclic) bond motifs is 13. The van der Waals surface area contributed by atoms with Crippen LogP contribution in [-0.2, 0) is 10.8 Å². The molecule has 0 fully saturated rings. The first kappa shape index (κ1) is 27.7. The third kappa shape index (κ3) is 3.42. The molecule has 1 heterocycles. The first-order valence-corrected chi connectivity index (χ1v) is 17.5. The average Bonchev–Trinajstić information content (AvgIpc) is 3.63. The van der Waals surface area contributed by atoms with Crippen LogP contribution in [0.3, 0.4) is 0 Å². The molecular weight excluding hydrogens is 605 g/mol. The van der Waals surface area contributed by atoms with E-state index < -0.39 is 5.41 Å². The fourth-order valence-electron chi connectivity index (χ4n) is 9.67. The van der Waals surface area contributed by atoms with E-state index in [0.29, 0.717) is 0 Å². The standard InChI is InChI=1S/C49H32O/c1-48(34-16-3-2-4-17-34)40-23-10-7-20-38(40)39-22-13-21-35(47(39)48)33-26-27-45-43(29-33)49(44-28-31-14-5-6-15-32(31)30-46(44)50-45)41-24-11-8-18-36(41)37-19-9-12-25-42(37)49/h2-30H,1H3. The Hall–Kier alpha value is -6.18. The number of ether oxygens (including phenoxy) is 1. The molecule has 50 heavy (non-hydrogen) atoms. The molecule has 234 valence electrons. The van der Waals surface area contributed by atoms with Crippen LogP contribution in [0.5, 0.6) is 11.5 Å². The van der Waals surface area contributed by atoms with Crippen LogP contribution in [0.25, 0.3) is 44.2 Å². The number of hydrogen-bond donors (Lipinski definition) is 0. The van der Waals surface area contributed by atoms with Gasteiger partial charge in [-0.3, -0.25) is 0 Å². The molecule has 1 aliphatic heterocycles. The highest BCUT2D eigenvalue weighted by molar-refractivity contribution is 5.94. The summed E-state index contributed by atoms with van der Waals surface area (Å²) in [7, 11) is 0. The number of benzene rings is 8. The highest BCUT2D eigenvalue weighted by atomic mass is 16.5. The summed E-state index contributed by atoms with van der Waals surface area (Å²) >= 11 is 0. The minimum atomic E-state index is -0.542. The predicted molar refractivity (Wildman–Crippen MR) is 204 cm³/mol. The summed E-state index contributed by atoms with van der Waals surface area (Å²) in [6.07, 6.45) is 0. The van der Waals surface area contributed by atoms with Crippen molar-refractivity contribution in [2.45, 2.75) is 17.8 Å². The van der Waals surface area contributed by atoms with E-state index >= 15 is 0 Å². The van der Waals surface area contributed by atoms with Crippen molar-refractivity contribution in [3.8, 4) is 44.9 Å². The Balaban J connectivity index is 1.23. The van der Waals surface area contributed by atoms with Gasteiger partial charge in [-0.25, -0.2) is 0 Å². The van der Waals surface area contributed by atoms with Crippen molar-refractivity contribution in [3.05, 3.63) is 215 Å². The third-order valence-corrected chi connectivity index (χ3v) is 11.8. The largest absolute Gasteiger partial charge is 0.457 e. The molecule has 0 saturated heterocycles. The monoisotopic (exact) mass is 636 g/mol. The summed E-state index contributed by atoms with van der Waals surface area (Å²) in [5.41, 5.74) is 15.8. The second-order valence-electron chi connectivity index (χ2n) is 14.1. The Kier molecular flexibility index (Phi) is 5.51. The van der Waals surface area contributed by atoms with Crippen LogP contribution in [0.15, 0.2) is 176 Å². The van der Waals surface area contributed by atoms with E-state index in [0.717, 1.165) is 11.5 Å². The molecule has 1 atom stereocenters. The number of rotatable bonds is 2. The van der Waals surface area contributed by atoms with Crippen LogP contribution < -0.4 is 4.74 Å². The van der Waals surface area contributed by atoms with E-state index in [2.05, 4.69) is 183 Å². The van der Waals surface area contributed by atoms with Crippen LogP contribution in [0.4, 0.5) is 0 Å². The molecule has 0 bridgehead atoms. The molecule has 1 nitrogen and oxygen atoms in total. The quantitative estimate of drug-likeness (QED) is 0.183. The summed E-state index contributed by atoms with van der Waals surface area (Å²) < 4.78 is 6.95. The predicted octanol–water partition coefficient (Wildman–Crippen LogP) is 12.3. The molecular formula is C49H32O. The molecule has 0 aromatic heterocycles. The summed E-state index contributed by atoms with van der Waals surface area (Å²) in [5, 5.41) is 2.40. The summed E-state index contributed by atoms with van der Waals surface area (Å²) in [6.45, 7) is 2.41. The van der Waals surface area contributed by atoms with Gasteiger partial charge in [0.05, 0.1) is 5.41 Å². The van der Waals surface area contributed by atoms with Gasteiger partial charge in [0, 0.05) is 16.5 Å². The van der Waals surface area contributed by atoms with E-state index in [1.54, 1.807) is 0 Å². The fraction of sp³-hybridized carbons (Fsp3) is 0.0612. The van der Waals surface area contributed by atoms with Gasteiger partial charge in [0.15, 0.2) is 0 Å². The van der Waals surface area contributed by atoms with Crippen molar-refractivity contribution in [2.75, 3.05) is 0 Å². The normalized spacial score (nSPS) is 16.9. The SMILES string of the molecule is CC1(c2ccccc2)c2ccccc2-c2cccc(-c3ccc4c(c3)C3(c5cc6ccccc6cc5O4)c4ccccc4-c4ccccc43)c21. The highest BCUT2D eigenvalue weighted by Gasteiger charge is 2.51. The lowest BCUT2D eigenvalue weighted by Crippen LogP contribution is -2.32. The highest BCUT2D eigenvalue weighted by Crippen LogP contribution is 2.63. The van der Waals surface area contributed by atoms with E-state index in [1.807, 2.05) is 0 Å². The second kappa shape index (κ2) is 9.94. The molecule has 8 aromatic rings. The summed E-state index contributed by atoms with van der Waals surface area (Å²) in [6, 6.07) is 65.0. The Bertz CT molecular complexity index is 2660. The van der Waals surface area contributed by atoms with E-state index in [-0.39, 0.29) is 5.41 Å². The smallest absolute Gasteiger partial charge is 0.132 e. The zero-order valence-corrected chi connectivity index (χ0v) is 27.7. The zero-order chi connectivity index (χ0) is 33.0. The van der Waals surface area contributed by atoms with Crippen molar-refractivity contribution in [1.29, 1.82) is 0 Å². The first-order valence-electron chi connectivity index (χ1n) is 17.5. The minimum Gasteiger partial charge on any atom is -0.457 e. The molecule has 2 aliphatic carbocycles. The molecule has 11 rings (SSSR count). The maximum Gasteiger partial charge on any atom is 0.132 e. The lowest BCUT2D eigenvalue weighted by Gasteiger charge is -2.40. The topological polar surface area (TPSA) is 9.23 Å². The van der Waals surface area contributed by atoms with Crippen molar-refractivity contribution in [1.82, 2.24) is 0 Å². The summed E-state index contributed by atoms with van der Waals surface area (Å²) in [5.74, 6) is 1.83. The Morgan fingerprint density at radius 1 is 0.380 bits per heavy atom. The van der Waals surface area contributed by atoms with Gasteiger partial charge in [0.25, 0.3) is 0 Å². The van der Waals surface area contributed by atoms with Gasteiger partial charge >= 0.3 is 0 Å². The molecule has 0 N–H and O–H groups in total. The molecule has 1 unspecified atom stereocenters. The molecule has 1 spiro atoms. The van der Waals surface area contributed by atoms with Gasteiger partial charge < -0.3 is 4.74 Å². The maximum atomic E-state index is 6.95. The van der Waals surface area contributed by atoms with Gasteiger partial charge in [-0.2, -0.15) is 0 Å². The van der Waals surface area contributed by atoms with Gasteiger partial charge in [-0.05, 0) is 103 Å². The molecule has 0 amide bonds. The minimum absolute atomic E-state index is 0.314. The molecule has 8 aromatic carbocycles. The maximum absolute atomic E-state index is 6.95. The van der Waals surface area contributed by atoms with Crippen LogP contribution in [0.1, 0.15) is 45.9 Å².